The van der Waals surface area contributed by atoms with Gasteiger partial charge in [0.25, 0.3) is 0 Å². The maximum atomic E-state index is 5.84. The van der Waals surface area contributed by atoms with E-state index in [1.807, 2.05) is 49.4 Å². The molecule has 0 aromatic heterocycles. The van der Waals surface area contributed by atoms with E-state index in [1.54, 1.807) is 7.11 Å². The Balaban J connectivity index is 2.21. The van der Waals surface area contributed by atoms with Gasteiger partial charge in [0.15, 0.2) is 0 Å². The molecule has 0 radical (unpaired) electrons. The van der Waals surface area contributed by atoms with Crippen LogP contribution in [0.2, 0.25) is 0 Å². The lowest BCUT2D eigenvalue weighted by atomic mass is 10.1. The minimum atomic E-state index is 0.485. The van der Waals surface area contributed by atoms with Crippen molar-refractivity contribution >= 4 is 11.6 Å². The van der Waals surface area contributed by atoms with Crippen LogP contribution in [-0.2, 0) is 5.88 Å². The van der Waals surface area contributed by atoms with E-state index in [-0.39, 0.29) is 0 Å². The fourth-order valence-corrected chi connectivity index (χ4v) is 1.77. The molecule has 0 unspecified atom stereocenters. The highest BCUT2D eigenvalue weighted by Crippen LogP contribution is 2.27. The average Bonchev–Trinajstić information content (AvgIpc) is 2.42. The number of methoxy groups -OCH3 is 1. The molecule has 2 aromatic rings. The van der Waals surface area contributed by atoms with E-state index in [0.717, 1.165) is 28.4 Å². The maximum Gasteiger partial charge on any atom is 0.130 e. The summed E-state index contributed by atoms with van der Waals surface area (Å²) in [5.74, 6) is 2.91. The zero-order valence-electron chi connectivity index (χ0n) is 10.4. The first-order valence-electron chi connectivity index (χ1n) is 5.70. The van der Waals surface area contributed by atoms with E-state index in [2.05, 4.69) is 0 Å². The summed E-state index contributed by atoms with van der Waals surface area (Å²) in [6, 6.07) is 13.5. The van der Waals surface area contributed by atoms with Crippen LogP contribution < -0.4 is 9.47 Å². The Kier molecular flexibility index (Phi) is 4.11. The summed E-state index contributed by atoms with van der Waals surface area (Å²) in [5.41, 5.74) is 2.13. The number of halogens is 1. The van der Waals surface area contributed by atoms with Crippen LogP contribution in [-0.4, -0.2) is 7.11 Å². The van der Waals surface area contributed by atoms with Crippen LogP contribution >= 0.6 is 11.6 Å². The third kappa shape index (κ3) is 2.96. The van der Waals surface area contributed by atoms with Gasteiger partial charge in [0, 0.05) is 5.88 Å². The predicted molar refractivity (Wildman–Crippen MR) is 73.8 cm³/mol. The van der Waals surface area contributed by atoms with Gasteiger partial charge >= 0.3 is 0 Å². The van der Waals surface area contributed by atoms with Crippen molar-refractivity contribution in [2.45, 2.75) is 12.8 Å². The summed E-state index contributed by atoms with van der Waals surface area (Å²) in [4.78, 5) is 0. The standard InChI is InChI=1S/C15H15ClO2/c1-11-3-4-12(10-16)9-15(11)18-14-7-5-13(17-2)6-8-14/h3-9H,10H2,1-2H3. The number of rotatable bonds is 4. The summed E-state index contributed by atoms with van der Waals surface area (Å²) in [5, 5.41) is 0. The highest BCUT2D eigenvalue weighted by Gasteiger charge is 2.03. The fraction of sp³-hybridized carbons (Fsp3) is 0.200. The van der Waals surface area contributed by atoms with Crippen molar-refractivity contribution in [3.05, 3.63) is 53.6 Å². The van der Waals surface area contributed by atoms with Gasteiger partial charge < -0.3 is 9.47 Å². The van der Waals surface area contributed by atoms with Crippen molar-refractivity contribution < 1.29 is 9.47 Å². The second-order valence-corrected chi connectivity index (χ2v) is 4.28. The van der Waals surface area contributed by atoms with Crippen LogP contribution in [0.1, 0.15) is 11.1 Å². The summed E-state index contributed by atoms with van der Waals surface area (Å²) in [6.07, 6.45) is 0. The van der Waals surface area contributed by atoms with Crippen LogP contribution in [0.15, 0.2) is 42.5 Å². The van der Waals surface area contributed by atoms with Crippen molar-refractivity contribution in [1.29, 1.82) is 0 Å². The van der Waals surface area contributed by atoms with Crippen molar-refractivity contribution in [1.82, 2.24) is 0 Å². The van der Waals surface area contributed by atoms with Gasteiger partial charge in [-0.2, -0.15) is 0 Å². The summed E-state index contributed by atoms with van der Waals surface area (Å²) < 4.78 is 10.9. The molecule has 94 valence electrons. The lowest BCUT2D eigenvalue weighted by molar-refractivity contribution is 0.412. The number of benzene rings is 2. The first-order valence-corrected chi connectivity index (χ1v) is 6.24. The van der Waals surface area contributed by atoms with E-state index in [0.29, 0.717) is 5.88 Å². The van der Waals surface area contributed by atoms with Gasteiger partial charge in [-0.05, 0) is 48.4 Å². The first kappa shape index (κ1) is 12.8. The molecular weight excluding hydrogens is 248 g/mol. The molecule has 0 spiro atoms. The second kappa shape index (κ2) is 5.78. The molecule has 0 aliphatic rings. The zero-order valence-corrected chi connectivity index (χ0v) is 11.2. The molecule has 0 aliphatic carbocycles. The quantitative estimate of drug-likeness (QED) is 0.754. The minimum Gasteiger partial charge on any atom is -0.497 e. The van der Waals surface area contributed by atoms with Crippen molar-refractivity contribution in [3.8, 4) is 17.2 Å². The molecule has 0 bridgehead atoms. The lowest BCUT2D eigenvalue weighted by Crippen LogP contribution is -1.90. The fourth-order valence-electron chi connectivity index (χ4n) is 1.61. The lowest BCUT2D eigenvalue weighted by Gasteiger charge is -2.10. The summed E-state index contributed by atoms with van der Waals surface area (Å²) in [7, 11) is 1.64. The molecule has 0 saturated heterocycles. The van der Waals surface area contributed by atoms with Crippen molar-refractivity contribution in [2.75, 3.05) is 7.11 Å². The topological polar surface area (TPSA) is 18.5 Å². The Morgan fingerprint density at radius 2 is 1.67 bits per heavy atom. The van der Waals surface area contributed by atoms with E-state index in [9.17, 15) is 0 Å². The van der Waals surface area contributed by atoms with Gasteiger partial charge in [-0.25, -0.2) is 0 Å². The van der Waals surface area contributed by atoms with Crippen LogP contribution in [0.4, 0.5) is 0 Å². The molecule has 0 N–H and O–H groups in total. The molecule has 3 heteroatoms. The van der Waals surface area contributed by atoms with Crippen LogP contribution in [0, 0.1) is 6.92 Å². The van der Waals surface area contributed by atoms with Gasteiger partial charge in [0.1, 0.15) is 17.2 Å². The average molecular weight is 263 g/mol. The Morgan fingerprint density at radius 3 is 2.28 bits per heavy atom. The van der Waals surface area contributed by atoms with Gasteiger partial charge in [-0.3, -0.25) is 0 Å². The Bertz CT molecular complexity index is 521. The third-order valence-electron chi connectivity index (χ3n) is 2.69. The smallest absolute Gasteiger partial charge is 0.130 e. The molecule has 2 aromatic carbocycles. The molecule has 0 atom stereocenters. The molecule has 0 heterocycles. The highest BCUT2D eigenvalue weighted by atomic mass is 35.5. The number of hydrogen-bond donors (Lipinski definition) is 0. The Morgan fingerprint density at radius 1 is 1.00 bits per heavy atom. The SMILES string of the molecule is COc1ccc(Oc2cc(CCl)ccc2C)cc1. The third-order valence-corrected chi connectivity index (χ3v) is 3.00. The highest BCUT2D eigenvalue weighted by molar-refractivity contribution is 6.17. The summed E-state index contributed by atoms with van der Waals surface area (Å²) in [6.45, 7) is 2.01. The van der Waals surface area contributed by atoms with Crippen LogP contribution in [0.3, 0.4) is 0 Å². The second-order valence-electron chi connectivity index (χ2n) is 4.01. The minimum absolute atomic E-state index is 0.485. The molecule has 0 amide bonds. The molecule has 2 rings (SSSR count). The van der Waals surface area contributed by atoms with Crippen LogP contribution in [0.25, 0.3) is 0 Å². The Labute approximate surface area is 112 Å². The number of ether oxygens (including phenoxy) is 2. The Hall–Kier alpha value is -1.67. The van der Waals surface area contributed by atoms with Crippen molar-refractivity contribution in [2.24, 2.45) is 0 Å². The van der Waals surface area contributed by atoms with Crippen LogP contribution in [0.5, 0.6) is 17.2 Å². The number of alkyl halides is 1. The predicted octanol–water partition coefficient (Wildman–Crippen LogP) is 4.53. The molecule has 0 fully saturated rings. The monoisotopic (exact) mass is 262 g/mol. The molecule has 0 saturated carbocycles. The largest absolute Gasteiger partial charge is 0.497 e. The van der Waals surface area contributed by atoms with E-state index in [1.165, 1.54) is 0 Å². The molecule has 0 aliphatic heterocycles. The van der Waals surface area contributed by atoms with Gasteiger partial charge in [0.2, 0.25) is 0 Å². The normalized spacial score (nSPS) is 10.2. The van der Waals surface area contributed by atoms with Crippen molar-refractivity contribution in [3.63, 3.8) is 0 Å². The van der Waals surface area contributed by atoms with E-state index in [4.69, 9.17) is 21.1 Å². The first-order chi connectivity index (χ1) is 8.72. The molecule has 2 nitrogen and oxygen atoms in total. The molecule has 18 heavy (non-hydrogen) atoms. The van der Waals surface area contributed by atoms with Gasteiger partial charge in [-0.15, -0.1) is 11.6 Å². The van der Waals surface area contributed by atoms with E-state index < -0.39 is 0 Å². The number of hydrogen-bond acceptors (Lipinski definition) is 2. The molecular formula is C15H15ClO2. The number of aryl methyl sites for hydroxylation is 1. The van der Waals surface area contributed by atoms with Gasteiger partial charge in [-0.1, -0.05) is 12.1 Å². The maximum absolute atomic E-state index is 5.84. The van der Waals surface area contributed by atoms with Gasteiger partial charge in [0.05, 0.1) is 7.11 Å². The zero-order chi connectivity index (χ0) is 13.0. The summed E-state index contributed by atoms with van der Waals surface area (Å²) >= 11 is 5.82. The van der Waals surface area contributed by atoms with E-state index >= 15 is 0 Å².